The second-order valence-electron chi connectivity index (χ2n) is 4.52. The predicted octanol–water partition coefficient (Wildman–Crippen LogP) is 3.19. The number of hydrogen-bond acceptors (Lipinski definition) is 3. The summed E-state index contributed by atoms with van der Waals surface area (Å²) in [5.41, 5.74) is 0.989. The Morgan fingerprint density at radius 1 is 1.29 bits per heavy atom. The number of halogens is 1. The molecule has 90 valence electrons. The van der Waals surface area contributed by atoms with Crippen molar-refractivity contribution >= 4 is 28.6 Å². The average molecular weight is 312 g/mol. The quantitative estimate of drug-likeness (QED) is 0.863. The third-order valence-corrected chi connectivity index (χ3v) is 3.84. The average Bonchev–Trinajstić information content (AvgIpc) is 2.60. The van der Waals surface area contributed by atoms with Crippen LogP contribution in [0, 0.1) is 0 Å². The standard InChI is InChI=1S/C12H14BrN3S/c1-12(2,8-5-4-6-9(13)7-8)10-14-15-11(17)16(10)3/h4-7H,1-3H3,(H,15,17). The molecule has 0 saturated carbocycles. The van der Waals surface area contributed by atoms with Gasteiger partial charge in [-0.05, 0) is 31.5 Å². The highest BCUT2D eigenvalue weighted by atomic mass is 79.9. The van der Waals surface area contributed by atoms with Gasteiger partial charge in [0.2, 0.25) is 0 Å². The third kappa shape index (κ3) is 2.26. The van der Waals surface area contributed by atoms with Gasteiger partial charge in [-0.1, -0.05) is 28.1 Å². The summed E-state index contributed by atoms with van der Waals surface area (Å²) >= 11 is 7.76. The summed E-state index contributed by atoms with van der Waals surface area (Å²) in [7, 11) is 1.93. The highest BCUT2D eigenvalue weighted by Gasteiger charge is 2.29. The molecule has 0 spiro atoms. The third-order valence-electron chi connectivity index (χ3n) is 2.96. The van der Waals surface area contributed by atoms with Gasteiger partial charge in [-0.25, -0.2) is 0 Å². The van der Waals surface area contributed by atoms with E-state index >= 15 is 0 Å². The fourth-order valence-corrected chi connectivity index (χ4v) is 2.41. The van der Waals surface area contributed by atoms with Crippen molar-refractivity contribution in [2.45, 2.75) is 24.4 Å². The zero-order valence-corrected chi connectivity index (χ0v) is 12.5. The highest BCUT2D eigenvalue weighted by Crippen LogP contribution is 2.31. The normalized spacial score (nSPS) is 11.8. The van der Waals surface area contributed by atoms with Crippen LogP contribution in [-0.4, -0.2) is 14.8 Å². The van der Waals surface area contributed by atoms with Gasteiger partial charge in [-0.3, -0.25) is 0 Å². The second-order valence-corrected chi connectivity index (χ2v) is 5.83. The van der Waals surface area contributed by atoms with Crippen molar-refractivity contribution in [2.24, 2.45) is 7.05 Å². The number of thiol groups is 1. The Balaban J connectivity index is 2.53. The van der Waals surface area contributed by atoms with Gasteiger partial charge in [-0.15, -0.1) is 22.8 Å². The summed E-state index contributed by atoms with van der Waals surface area (Å²) in [5.74, 6) is 0.903. The molecular weight excluding hydrogens is 298 g/mol. The van der Waals surface area contributed by atoms with Gasteiger partial charge < -0.3 is 4.57 Å². The lowest BCUT2D eigenvalue weighted by atomic mass is 9.84. The molecule has 0 radical (unpaired) electrons. The number of rotatable bonds is 2. The molecule has 2 aromatic rings. The molecular formula is C12H14BrN3S. The lowest BCUT2D eigenvalue weighted by molar-refractivity contribution is 0.551. The molecule has 0 aliphatic heterocycles. The van der Waals surface area contributed by atoms with Crippen molar-refractivity contribution in [3.63, 3.8) is 0 Å². The number of hydrogen-bond donors (Lipinski definition) is 1. The van der Waals surface area contributed by atoms with Crippen molar-refractivity contribution in [3.8, 4) is 0 Å². The van der Waals surface area contributed by atoms with E-state index in [0.29, 0.717) is 5.16 Å². The molecule has 0 aliphatic rings. The Labute approximate surface area is 115 Å². The molecule has 1 aromatic carbocycles. The van der Waals surface area contributed by atoms with E-state index < -0.39 is 0 Å². The Kier molecular flexibility index (Phi) is 3.32. The van der Waals surface area contributed by atoms with Crippen LogP contribution in [0.25, 0.3) is 0 Å². The smallest absolute Gasteiger partial charge is 0.187 e. The van der Waals surface area contributed by atoms with E-state index in [2.05, 4.69) is 64.7 Å². The maximum Gasteiger partial charge on any atom is 0.187 e. The van der Waals surface area contributed by atoms with E-state index in [1.165, 1.54) is 5.56 Å². The van der Waals surface area contributed by atoms with Crippen LogP contribution < -0.4 is 0 Å². The van der Waals surface area contributed by atoms with Gasteiger partial charge in [0.15, 0.2) is 5.16 Å². The second kappa shape index (κ2) is 4.46. The summed E-state index contributed by atoms with van der Waals surface area (Å²) in [6, 6.07) is 8.24. The molecule has 2 rings (SSSR count). The van der Waals surface area contributed by atoms with E-state index in [4.69, 9.17) is 0 Å². The molecule has 1 aromatic heterocycles. The summed E-state index contributed by atoms with van der Waals surface area (Å²) in [4.78, 5) is 0. The van der Waals surface area contributed by atoms with Crippen molar-refractivity contribution < 1.29 is 0 Å². The van der Waals surface area contributed by atoms with Crippen molar-refractivity contribution in [1.82, 2.24) is 14.8 Å². The number of benzene rings is 1. The number of aromatic nitrogens is 3. The molecule has 1 heterocycles. The van der Waals surface area contributed by atoms with Crippen LogP contribution in [0.5, 0.6) is 0 Å². The zero-order chi connectivity index (χ0) is 12.6. The minimum Gasteiger partial charge on any atom is -0.309 e. The topological polar surface area (TPSA) is 30.7 Å². The van der Waals surface area contributed by atoms with Crippen LogP contribution >= 0.6 is 28.6 Å². The number of nitrogens with zero attached hydrogens (tertiary/aromatic N) is 3. The van der Waals surface area contributed by atoms with E-state index in [9.17, 15) is 0 Å². The van der Waals surface area contributed by atoms with Crippen LogP contribution in [0.4, 0.5) is 0 Å². The molecule has 0 unspecified atom stereocenters. The van der Waals surface area contributed by atoms with Crippen LogP contribution in [0.3, 0.4) is 0 Å². The minimum absolute atomic E-state index is 0.202. The first-order valence-corrected chi connectivity index (χ1v) is 6.52. The fraction of sp³-hybridized carbons (Fsp3) is 0.333. The molecule has 0 N–H and O–H groups in total. The Morgan fingerprint density at radius 3 is 2.53 bits per heavy atom. The first-order valence-electron chi connectivity index (χ1n) is 5.28. The maximum absolute atomic E-state index is 4.26. The summed E-state index contributed by atoms with van der Waals surface area (Å²) < 4.78 is 2.97. The molecule has 3 nitrogen and oxygen atoms in total. The lowest BCUT2D eigenvalue weighted by Crippen LogP contribution is -2.23. The molecule has 0 bridgehead atoms. The Bertz CT molecular complexity index is 548. The Hall–Kier alpha value is -0.810. The van der Waals surface area contributed by atoms with Gasteiger partial charge in [0, 0.05) is 16.9 Å². The summed E-state index contributed by atoms with van der Waals surface area (Å²) in [6.07, 6.45) is 0. The largest absolute Gasteiger partial charge is 0.309 e. The molecule has 0 saturated heterocycles. The lowest BCUT2D eigenvalue weighted by Gasteiger charge is -2.24. The van der Waals surface area contributed by atoms with E-state index in [-0.39, 0.29) is 5.41 Å². The molecule has 0 amide bonds. The van der Waals surface area contributed by atoms with Crippen molar-refractivity contribution in [2.75, 3.05) is 0 Å². The predicted molar refractivity (Wildman–Crippen MR) is 74.5 cm³/mol. The summed E-state index contributed by atoms with van der Waals surface area (Å²) in [5, 5.41) is 8.84. The Morgan fingerprint density at radius 2 is 2.00 bits per heavy atom. The van der Waals surface area contributed by atoms with Gasteiger partial charge in [-0.2, -0.15) is 0 Å². The molecule has 0 aliphatic carbocycles. The molecule has 0 atom stereocenters. The fourth-order valence-electron chi connectivity index (χ4n) is 1.87. The van der Waals surface area contributed by atoms with Gasteiger partial charge in [0.1, 0.15) is 5.82 Å². The van der Waals surface area contributed by atoms with Gasteiger partial charge in [0.05, 0.1) is 0 Å². The maximum atomic E-state index is 4.26. The van der Waals surface area contributed by atoms with Crippen molar-refractivity contribution in [3.05, 3.63) is 40.1 Å². The van der Waals surface area contributed by atoms with E-state index in [1.807, 2.05) is 23.7 Å². The monoisotopic (exact) mass is 311 g/mol. The van der Waals surface area contributed by atoms with Crippen LogP contribution in [0.15, 0.2) is 33.9 Å². The summed E-state index contributed by atoms with van der Waals surface area (Å²) in [6.45, 7) is 4.26. The highest BCUT2D eigenvalue weighted by molar-refractivity contribution is 9.10. The van der Waals surface area contributed by atoms with Gasteiger partial charge in [0.25, 0.3) is 0 Å². The van der Waals surface area contributed by atoms with Crippen molar-refractivity contribution in [1.29, 1.82) is 0 Å². The van der Waals surface area contributed by atoms with Gasteiger partial charge >= 0.3 is 0 Å². The van der Waals surface area contributed by atoms with E-state index in [1.54, 1.807) is 0 Å². The minimum atomic E-state index is -0.202. The van der Waals surface area contributed by atoms with E-state index in [0.717, 1.165) is 10.3 Å². The first kappa shape index (κ1) is 12.6. The first-order chi connectivity index (χ1) is 7.93. The van der Waals surface area contributed by atoms with Crippen LogP contribution in [0.1, 0.15) is 25.2 Å². The SMILES string of the molecule is Cn1c(S)nnc1C(C)(C)c1cccc(Br)c1. The zero-order valence-electron chi connectivity index (χ0n) is 9.98. The molecule has 5 heteroatoms. The van der Waals surface area contributed by atoms with Crippen LogP contribution in [0.2, 0.25) is 0 Å². The molecule has 17 heavy (non-hydrogen) atoms. The van der Waals surface area contributed by atoms with Crippen LogP contribution in [-0.2, 0) is 12.5 Å². The molecule has 0 fully saturated rings.